The summed E-state index contributed by atoms with van der Waals surface area (Å²) in [5.74, 6) is 0.224. The Morgan fingerprint density at radius 1 is 1.16 bits per heavy atom. The molecule has 0 aliphatic heterocycles. The third-order valence-electron chi connectivity index (χ3n) is 4.06. The van der Waals surface area contributed by atoms with Crippen molar-refractivity contribution < 1.29 is 9.13 Å². The van der Waals surface area contributed by atoms with Crippen molar-refractivity contribution >= 4 is 26.8 Å². The van der Waals surface area contributed by atoms with Crippen LogP contribution in [0.3, 0.4) is 0 Å². The van der Waals surface area contributed by atoms with E-state index in [1.165, 1.54) is 6.07 Å². The number of ether oxygens (including phenoxy) is 1. The average molecular weight is 406 g/mol. The van der Waals surface area contributed by atoms with Gasteiger partial charge >= 0.3 is 0 Å². The first kappa shape index (κ1) is 17.9. The molecule has 6 heteroatoms. The maximum Gasteiger partial charge on any atom is 0.136 e. The molecule has 0 saturated carbocycles. The number of H-pyrrole nitrogens is 1. The van der Waals surface area contributed by atoms with Crippen LogP contribution in [0.4, 0.5) is 4.39 Å². The van der Waals surface area contributed by atoms with Gasteiger partial charge in [-0.1, -0.05) is 15.9 Å². The lowest BCUT2D eigenvalue weighted by Crippen LogP contribution is -2.07. The third kappa shape index (κ3) is 4.38. The van der Waals surface area contributed by atoms with Crippen LogP contribution in [0, 0.1) is 5.82 Å². The minimum atomic E-state index is -0.330. The maximum absolute atomic E-state index is 14.5. The maximum atomic E-state index is 14.5. The molecule has 4 nitrogen and oxygen atoms in total. The first-order chi connectivity index (χ1) is 12.2. The SMILES string of the molecule is CNCCCCCOc1ccc(-c2n[nH]c3cc(Br)ccc23)c(F)c1. The lowest BCUT2D eigenvalue weighted by Gasteiger charge is -2.08. The van der Waals surface area contributed by atoms with Crippen molar-refractivity contribution in [1.82, 2.24) is 15.5 Å². The van der Waals surface area contributed by atoms with E-state index in [0.717, 1.165) is 41.2 Å². The van der Waals surface area contributed by atoms with E-state index in [0.29, 0.717) is 23.6 Å². The van der Waals surface area contributed by atoms with Crippen LogP contribution in [0.15, 0.2) is 40.9 Å². The summed E-state index contributed by atoms with van der Waals surface area (Å²) in [6.45, 7) is 1.61. The Morgan fingerprint density at radius 2 is 2.04 bits per heavy atom. The van der Waals surface area contributed by atoms with E-state index in [4.69, 9.17) is 4.74 Å². The summed E-state index contributed by atoms with van der Waals surface area (Å²) < 4.78 is 21.1. The zero-order chi connectivity index (χ0) is 17.6. The molecule has 0 unspecified atom stereocenters. The monoisotopic (exact) mass is 405 g/mol. The van der Waals surface area contributed by atoms with Gasteiger partial charge in [0.05, 0.1) is 12.1 Å². The van der Waals surface area contributed by atoms with Crippen LogP contribution in [0.5, 0.6) is 5.75 Å². The van der Waals surface area contributed by atoms with E-state index in [2.05, 4.69) is 31.4 Å². The molecule has 25 heavy (non-hydrogen) atoms. The Balaban J connectivity index is 1.69. The number of fused-ring (bicyclic) bond motifs is 1. The van der Waals surface area contributed by atoms with E-state index in [1.54, 1.807) is 12.1 Å². The molecule has 2 N–H and O–H groups in total. The predicted octanol–water partition coefficient (Wildman–Crippen LogP) is 4.90. The zero-order valence-electron chi connectivity index (χ0n) is 14.1. The summed E-state index contributed by atoms with van der Waals surface area (Å²) in [4.78, 5) is 0. The van der Waals surface area contributed by atoms with Gasteiger partial charge < -0.3 is 10.1 Å². The van der Waals surface area contributed by atoms with Gasteiger partial charge in [-0.25, -0.2) is 4.39 Å². The molecule has 132 valence electrons. The highest BCUT2D eigenvalue weighted by molar-refractivity contribution is 9.10. The summed E-state index contributed by atoms with van der Waals surface area (Å²) in [6.07, 6.45) is 3.18. The molecule has 1 aromatic heterocycles. The van der Waals surface area contributed by atoms with Gasteiger partial charge in [0.25, 0.3) is 0 Å². The molecule has 0 spiro atoms. The van der Waals surface area contributed by atoms with Crippen LogP contribution < -0.4 is 10.1 Å². The second kappa shape index (κ2) is 8.45. The molecule has 2 aromatic carbocycles. The number of aromatic nitrogens is 2. The van der Waals surface area contributed by atoms with Gasteiger partial charge in [-0.3, -0.25) is 5.10 Å². The topological polar surface area (TPSA) is 49.9 Å². The normalized spacial score (nSPS) is 11.2. The molecule has 0 amide bonds. The molecule has 0 bridgehead atoms. The fraction of sp³-hybridized carbons (Fsp3) is 0.316. The molecular weight excluding hydrogens is 385 g/mol. The Kier molecular flexibility index (Phi) is 6.04. The summed E-state index contributed by atoms with van der Waals surface area (Å²) in [7, 11) is 1.95. The van der Waals surface area contributed by atoms with Crippen molar-refractivity contribution in [2.45, 2.75) is 19.3 Å². The van der Waals surface area contributed by atoms with Crippen molar-refractivity contribution in [1.29, 1.82) is 0 Å². The van der Waals surface area contributed by atoms with Crippen molar-refractivity contribution in [3.05, 3.63) is 46.7 Å². The number of aromatic amines is 1. The van der Waals surface area contributed by atoms with Crippen molar-refractivity contribution in [3.8, 4) is 17.0 Å². The molecule has 0 saturated heterocycles. The molecule has 1 heterocycles. The number of halogens is 2. The second-order valence-electron chi connectivity index (χ2n) is 5.92. The summed E-state index contributed by atoms with van der Waals surface area (Å²) >= 11 is 3.42. The molecule has 0 aliphatic rings. The van der Waals surface area contributed by atoms with Gasteiger partial charge in [-0.2, -0.15) is 5.10 Å². The number of benzene rings is 2. The quantitative estimate of drug-likeness (QED) is 0.524. The molecule has 0 radical (unpaired) electrons. The van der Waals surface area contributed by atoms with Crippen LogP contribution in [0.1, 0.15) is 19.3 Å². The minimum absolute atomic E-state index is 0.330. The fourth-order valence-electron chi connectivity index (χ4n) is 2.75. The largest absolute Gasteiger partial charge is 0.493 e. The first-order valence-corrected chi connectivity index (χ1v) is 9.19. The van der Waals surface area contributed by atoms with Gasteiger partial charge in [-0.15, -0.1) is 0 Å². The number of rotatable bonds is 8. The second-order valence-corrected chi connectivity index (χ2v) is 6.83. The van der Waals surface area contributed by atoms with Gasteiger partial charge in [0.1, 0.15) is 17.3 Å². The van der Waals surface area contributed by atoms with Crippen molar-refractivity contribution in [2.24, 2.45) is 0 Å². The highest BCUT2D eigenvalue weighted by Gasteiger charge is 2.13. The molecule has 3 rings (SSSR count). The van der Waals surface area contributed by atoms with Crippen LogP contribution in [0.25, 0.3) is 22.2 Å². The van der Waals surface area contributed by atoms with E-state index in [-0.39, 0.29) is 5.82 Å². The third-order valence-corrected chi connectivity index (χ3v) is 4.55. The van der Waals surface area contributed by atoms with Crippen LogP contribution in [-0.2, 0) is 0 Å². The van der Waals surface area contributed by atoms with Gasteiger partial charge in [0, 0.05) is 21.5 Å². The Hall–Kier alpha value is -1.92. The predicted molar refractivity (Wildman–Crippen MR) is 102 cm³/mol. The molecular formula is C19H21BrFN3O. The first-order valence-electron chi connectivity index (χ1n) is 8.40. The molecule has 0 atom stereocenters. The van der Waals surface area contributed by atoms with Crippen LogP contribution >= 0.6 is 15.9 Å². The number of hydrogen-bond donors (Lipinski definition) is 2. The lowest BCUT2D eigenvalue weighted by molar-refractivity contribution is 0.304. The van der Waals surface area contributed by atoms with Crippen LogP contribution in [-0.4, -0.2) is 30.4 Å². The Labute approximate surface area is 154 Å². The van der Waals surface area contributed by atoms with Crippen LogP contribution in [0.2, 0.25) is 0 Å². The molecule has 0 fully saturated rings. The summed E-state index contributed by atoms with van der Waals surface area (Å²) in [5, 5.41) is 11.2. The fourth-order valence-corrected chi connectivity index (χ4v) is 3.11. The summed E-state index contributed by atoms with van der Waals surface area (Å²) in [5.41, 5.74) is 1.94. The van der Waals surface area contributed by atoms with E-state index < -0.39 is 0 Å². The lowest BCUT2D eigenvalue weighted by atomic mass is 10.1. The number of unbranched alkanes of at least 4 members (excludes halogenated alkanes) is 2. The Bertz CT molecular complexity index is 850. The number of nitrogens with zero attached hydrogens (tertiary/aromatic N) is 1. The van der Waals surface area contributed by atoms with Gasteiger partial charge in [0.15, 0.2) is 0 Å². The average Bonchev–Trinajstić information content (AvgIpc) is 3.01. The highest BCUT2D eigenvalue weighted by atomic mass is 79.9. The zero-order valence-corrected chi connectivity index (χ0v) is 15.7. The molecule has 0 aliphatic carbocycles. The minimum Gasteiger partial charge on any atom is -0.493 e. The van der Waals surface area contributed by atoms with Crippen molar-refractivity contribution in [3.63, 3.8) is 0 Å². The molecule has 3 aromatic rings. The van der Waals surface area contributed by atoms with Gasteiger partial charge in [0.2, 0.25) is 0 Å². The highest BCUT2D eigenvalue weighted by Crippen LogP contribution is 2.31. The van der Waals surface area contributed by atoms with E-state index in [9.17, 15) is 4.39 Å². The smallest absolute Gasteiger partial charge is 0.136 e. The van der Waals surface area contributed by atoms with E-state index >= 15 is 0 Å². The number of hydrogen-bond acceptors (Lipinski definition) is 3. The Morgan fingerprint density at radius 3 is 2.84 bits per heavy atom. The number of nitrogens with one attached hydrogen (secondary N) is 2. The van der Waals surface area contributed by atoms with Crippen molar-refractivity contribution in [2.75, 3.05) is 20.2 Å². The van der Waals surface area contributed by atoms with E-state index in [1.807, 2.05) is 25.2 Å². The summed E-state index contributed by atoms with van der Waals surface area (Å²) in [6, 6.07) is 10.7. The van der Waals surface area contributed by atoms with Gasteiger partial charge in [-0.05, 0) is 63.2 Å². The standard InChI is InChI=1S/C19H21BrFN3O/c1-22-9-3-2-4-10-25-14-6-8-15(17(21)12-14)19-16-7-5-13(20)11-18(16)23-24-19/h5-8,11-12,22H,2-4,9-10H2,1H3,(H,23,24).